The van der Waals surface area contributed by atoms with Gasteiger partial charge in [-0.15, -0.1) is 24.0 Å². The number of benzene rings is 1. The van der Waals surface area contributed by atoms with Gasteiger partial charge in [-0.3, -0.25) is 9.48 Å². The summed E-state index contributed by atoms with van der Waals surface area (Å²) in [6.45, 7) is 8.96. The van der Waals surface area contributed by atoms with Crippen LogP contribution in [0.2, 0.25) is 0 Å². The van der Waals surface area contributed by atoms with E-state index in [0.29, 0.717) is 6.54 Å². The molecule has 1 amide bonds. The Labute approximate surface area is 183 Å². The molecule has 1 N–H and O–H groups in total. The standard InChI is InChI=1S/C20H28N6O.HI/c1-3-21-20(25-11-9-24(10-12-25)17(2)27)22-13-19-14-23-26(16-19)15-18-7-5-4-6-8-18;/h4-8,14,16H,3,9-13,15H2,1-2H3,(H,21,22);1H. The molecular formula is C20H29IN6O. The van der Waals surface area contributed by atoms with Gasteiger partial charge in [0.25, 0.3) is 0 Å². The van der Waals surface area contributed by atoms with Crippen molar-refractivity contribution in [3.63, 3.8) is 0 Å². The van der Waals surface area contributed by atoms with Gasteiger partial charge in [0.1, 0.15) is 0 Å². The second kappa shape index (κ2) is 11.0. The number of amides is 1. The number of rotatable bonds is 5. The summed E-state index contributed by atoms with van der Waals surface area (Å²) in [6.07, 6.45) is 3.93. The molecule has 28 heavy (non-hydrogen) atoms. The first kappa shape index (κ1) is 22.2. The molecule has 1 aromatic heterocycles. The summed E-state index contributed by atoms with van der Waals surface area (Å²) < 4.78 is 1.94. The summed E-state index contributed by atoms with van der Waals surface area (Å²) in [5.41, 5.74) is 2.32. The van der Waals surface area contributed by atoms with E-state index < -0.39 is 0 Å². The van der Waals surface area contributed by atoms with Gasteiger partial charge in [0.05, 0.1) is 19.3 Å². The third-order valence-electron chi connectivity index (χ3n) is 4.64. The molecule has 8 heteroatoms. The van der Waals surface area contributed by atoms with Gasteiger partial charge in [0.2, 0.25) is 5.91 Å². The minimum Gasteiger partial charge on any atom is -0.357 e. The van der Waals surface area contributed by atoms with Gasteiger partial charge in [0.15, 0.2) is 5.96 Å². The fourth-order valence-electron chi connectivity index (χ4n) is 3.17. The highest BCUT2D eigenvalue weighted by atomic mass is 127. The summed E-state index contributed by atoms with van der Waals surface area (Å²) in [5.74, 6) is 1.04. The first-order chi connectivity index (χ1) is 13.2. The van der Waals surface area contributed by atoms with Crippen LogP contribution in [0.3, 0.4) is 0 Å². The number of carbonyl (C=O) groups excluding carboxylic acids is 1. The molecule has 1 saturated heterocycles. The van der Waals surface area contributed by atoms with Gasteiger partial charge < -0.3 is 15.1 Å². The highest BCUT2D eigenvalue weighted by molar-refractivity contribution is 14.0. The summed E-state index contributed by atoms with van der Waals surface area (Å²) in [4.78, 5) is 20.4. The highest BCUT2D eigenvalue weighted by Crippen LogP contribution is 2.07. The maximum Gasteiger partial charge on any atom is 0.219 e. The minimum absolute atomic E-state index is 0. The molecule has 2 aromatic rings. The minimum atomic E-state index is 0. The summed E-state index contributed by atoms with van der Waals surface area (Å²) in [7, 11) is 0. The van der Waals surface area contributed by atoms with E-state index in [1.54, 1.807) is 6.92 Å². The Morgan fingerprint density at radius 3 is 2.43 bits per heavy atom. The molecule has 0 unspecified atom stereocenters. The summed E-state index contributed by atoms with van der Waals surface area (Å²) in [5, 5.41) is 7.81. The number of hydrogen-bond acceptors (Lipinski definition) is 3. The number of piperazine rings is 1. The van der Waals surface area contributed by atoms with Crippen molar-refractivity contribution in [3.05, 3.63) is 53.9 Å². The molecule has 0 atom stereocenters. The quantitative estimate of drug-likeness (QED) is 0.392. The number of aliphatic imine (C=N–C) groups is 1. The number of guanidine groups is 1. The molecule has 2 heterocycles. The van der Waals surface area contributed by atoms with Crippen LogP contribution in [-0.2, 0) is 17.9 Å². The molecule has 0 saturated carbocycles. The number of nitrogens with zero attached hydrogens (tertiary/aromatic N) is 5. The van der Waals surface area contributed by atoms with Gasteiger partial charge in [-0.05, 0) is 12.5 Å². The first-order valence-corrected chi connectivity index (χ1v) is 9.49. The van der Waals surface area contributed by atoms with E-state index in [1.165, 1.54) is 5.56 Å². The lowest BCUT2D eigenvalue weighted by Crippen LogP contribution is -2.53. The van der Waals surface area contributed by atoms with Crippen LogP contribution in [-0.4, -0.2) is 64.2 Å². The van der Waals surface area contributed by atoms with E-state index in [-0.39, 0.29) is 29.9 Å². The van der Waals surface area contributed by atoms with Gasteiger partial charge in [0, 0.05) is 51.4 Å². The van der Waals surface area contributed by atoms with Crippen LogP contribution in [0.5, 0.6) is 0 Å². The molecule has 3 rings (SSSR count). The van der Waals surface area contributed by atoms with Crippen molar-refractivity contribution in [2.75, 3.05) is 32.7 Å². The van der Waals surface area contributed by atoms with Gasteiger partial charge in [-0.25, -0.2) is 4.99 Å². The van der Waals surface area contributed by atoms with Crippen LogP contribution in [0.1, 0.15) is 25.0 Å². The lowest BCUT2D eigenvalue weighted by molar-refractivity contribution is -0.130. The van der Waals surface area contributed by atoms with E-state index >= 15 is 0 Å². The molecule has 0 spiro atoms. The number of nitrogens with one attached hydrogen (secondary N) is 1. The fraction of sp³-hybridized carbons (Fsp3) is 0.450. The molecule has 0 radical (unpaired) electrons. The normalized spacial score (nSPS) is 14.6. The predicted octanol–water partition coefficient (Wildman–Crippen LogP) is 2.18. The van der Waals surface area contributed by atoms with Crippen molar-refractivity contribution in [2.24, 2.45) is 4.99 Å². The Bertz CT molecular complexity index is 768. The van der Waals surface area contributed by atoms with Gasteiger partial charge in [-0.2, -0.15) is 5.10 Å². The third-order valence-corrected chi connectivity index (χ3v) is 4.64. The molecule has 1 aliphatic heterocycles. The van der Waals surface area contributed by atoms with Crippen LogP contribution in [0.25, 0.3) is 0 Å². The van der Waals surface area contributed by atoms with Crippen LogP contribution in [0, 0.1) is 0 Å². The Balaban J connectivity index is 0.00000280. The molecule has 0 aliphatic carbocycles. The predicted molar refractivity (Wildman–Crippen MR) is 122 cm³/mol. The first-order valence-electron chi connectivity index (χ1n) is 9.49. The van der Waals surface area contributed by atoms with Gasteiger partial charge >= 0.3 is 0 Å². The maximum absolute atomic E-state index is 11.5. The molecule has 1 fully saturated rings. The van der Waals surface area contributed by atoms with Gasteiger partial charge in [-0.1, -0.05) is 30.3 Å². The monoisotopic (exact) mass is 496 g/mol. The van der Waals surface area contributed by atoms with Crippen molar-refractivity contribution < 1.29 is 4.79 Å². The van der Waals surface area contributed by atoms with Crippen LogP contribution in [0.4, 0.5) is 0 Å². The summed E-state index contributed by atoms with van der Waals surface area (Å²) >= 11 is 0. The van der Waals surface area contributed by atoms with Crippen LogP contribution < -0.4 is 5.32 Å². The van der Waals surface area contributed by atoms with E-state index in [2.05, 4.69) is 34.4 Å². The van der Waals surface area contributed by atoms with E-state index in [9.17, 15) is 4.79 Å². The lowest BCUT2D eigenvalue weighted by Gasteiger charge is -2.36. The zero-order valence-corrected chi connectivity index (χ0v) is 18.9. The fourth-order valence-corrected chi connectivity index (χ4v) is 3.17. The summed E-state index contributed by atoms with van der Waals surface area (Å²) in [6, 6.07) is 10.3. The lowest BCUT2D eigenvalue weighted by atomic mass is 10.2. The maximum atomic E-state index is 11.5. The molecule has 7 nitrogen and oxygen atoms in total. The molecule has 0 bridgehead atoms. The Hall–Kier alpha value is -2.10. The third kappa shape index (κ3) is 6.22. The van der Waals surface area contributed by atoms with Crippen molar-refractivity contribution in [3.8, 4) is 0 Å². The number of hydrogen-bond donors (Lipinski definition) is 1. The Morgan fingerprint density at radius 2 is 1.79 bits per heavy atom. The zero-order chi connectivity index (χ0) is 19.1. The molecule has 152 valence electrons. The van der Waals surface area contributed by atoms with Crippen molar-refractivity contribution in [1.82, 2.24) is 24.9 Å². The number of carbonyl (C=O) groups is 1. The Kier molecular flexibility index (Phi) is 8.75. The highest BCUT2D eigenvalue weighted by Gasteiger charge is 2.20. The van der Waals surface area contributed by atoms with Crippen LogP contribution >= 0.6 is 24.0 Å². The van der Waals surface area contributed by atoms with Crippen molar-refractivity contribution in [2.45, 2.75) is 26.9 Å². The molecular weight excluding hydrogens is 467 g/mol. The van der Waals surface area contributed by atoms with Crippen LogP contribution in [0.15, 0.2) is 47.7 Å². The van der Waals surface area contributed by atoms with E-state index in [4.69, 9.17) is 4.99 Å². The van der Waals surface area contributed by atoms with E-state index in [0.717, 1.165) is 50.8 Å². The number of aromatic nitrogens is 2. The molecule has 1 aliphatic rings. The largest absolute Gasteiger partial charge is 0.357 e. The smallest absolute Gasteiger partial charge is 0.219 e. The second-order valence-corrected chi connectivity index (χ2v) is 6.70. The van der Waals surface area contributed by atoms with E-state index in [1.807, 2.05) is 40.2 Å². The topological polar surface area (TPSA) is 65.8 Å². The molecule has 1 aromatic carbocycles. The van der Waals surface area contributed by atoms with Crippen molar-refractivity contribution in [1.29, 1.82) is 0 Å². The average molecular weight is 496 g/mol. The van der Waals surface area contributed by atoms with Crippen molar-refractivity contribution >= 4 is 35.8 Å². The zero-order valence-electron chi connectivity index (χ0n) is 16.5. The average Bonchev–Trinajstić information content (AvgIpc) is 3.13. The SMILES string of the molecule is CCNC(=NCc1cnn(Cc2ccccc2)c1)N1CCN(C(C)=O)CC1.I. The Morgan fingerprint density at radius 1 is 1.11 bits per heavy atom. The second-order valence-electron chi connectivity index (χ2n) is 6.70. The number of halogens is 1.